The summed E-state index contributed by atoms with van der Waals surface area (Å²) in [6, 6.07) is 12.2. The molecular weight excluding hydrogens is 340 g/mol. The van der Waals surface area contributed by atoms with Crippen LogP contribution in [0.4, 0.5) is 11.4 Å². The van der Waals surface area contributed by atoms with Gasteiger partial charge in [-0.15, -0.1) is 0 Å². The third-order valence-corrected chi connectivity index (χ3v) is 3.42. The standard InChI is InChI=1S/C18H18N2O6/c1-3-25-16-11-7-4-8-13(16)18(22)26-12(2)17(21)19-14-9-5-6-10-15(14)20(23)24/h4-12H,3H2,1-2H3,(H,19,21)/t12-/m0/s1. The number of benzene rings is 2. The molecular formula is C18H18N2O6. The average molecular weight is 358 g/mol. The molecule has 2 aromatic rings. The summed E-state index contributed by atoms with van der Waals surface area (Å²) < 4.78 is 10.5. The van der Waals surface area contributed by atoms with Gasteiger partial charge in [-0.2, -0.15) is 0 Å². The van der Waals surface area contributed by atoms with E-state index >= 15 is 0 Å². The van der Waals surface area contributed by atoms with E-state index in [1.807, 2.05) is 0 Å². The number of nitro benzene ring substituents is 1. The Balaban J connectivity index is 2.08. The number of esters is 1. The van der Waals surface area contributed by atoms with Crippen LogP contribution in [0.3, 0.4) is 0 Å². The number of nitrogens with one attached hydrogen (secondary N) is 1. The van der Waals surface area contributed by atoms with E-state index < -0.39 is 22.9 Å². The van der Waals surface area contributed by atoms with E-state index in [1.54, 1.807) is 31.2 Å². The van der Waals surface area contributed by atoms with Crippen molar-refractivity contribution in [1.29, 1.82) is 0 Å². The molecule has 0 bridgehead atoms. The van der Waals surface area contributed by atoms with Crippen molar-refractivity contribution >= 4 is 23.3 Å². The van der Waals surface area contributed by atoms with Gasteiger partial charge in [-0.05, 0) is 32.0 Å². The second-order valence-electron chi connectivity index (χ2n) is 5.24. The maximum Gasteiger partial charge on any atom is 0.342 e. The number of carbonyl (C=O) groups is 2. The van der Waals surface area contributed by atoms with Gasteiger partial charge in [-0.3, -0.25) is 14.9 Å². The Morgan fingerprint density at radius 2 is 1.81 bits per heavy atom. The quantitative estimate of drug-likeness (QED) is 0.463. The van der Waals surface area contributed by atoms with Gasteiger partial charge in [0.25, 0.3) is 11.6 Å². The normalized spacial score (nSPS) is 11.3. The molecule has 0 heterocycles. The van der Waals surface area contributed by atoms with Gasteiger partial charge in [0.1, 0.15) is 17.0 Å². The maximum atomic E-state index is 12.3. The van der Waals surface area contributed by atoms with E-state index in [4.69, 9.17) is 9.47 Å². The first-order chi connectivity index (χ1) is 12.4. The molecule has 136 valence electrons. The Bertz CT molecular complexity index is 821. The van der Waals surface area contributed by atoms with Gasteiger partial charge < -0.3 is 14.8 Å². The molecule has 0 aliphatic heterocycles. The monoisotopic (exact) mass is 358 g/mol. The molecule has 0 unspecified atom stereocenters. The summed E-state index contributed by atoms with van der Waals surface area (Å²) in [5.74, 6) is -1.05. The van der Waals surface area contributed by atoms with Gasteiger partial charge in [0.2, 0.25) is 0 Å². The van der Waals surface area contributed by atoms with Crippen LogP contribution in [-0.4, -0.2) is 29.5 Å². The number of anilines is 1. The van der Waals surface area contributed by atoms with Crippen molar-refractivity contribution in [3.8, 4) is 5.75 Å². The van der Waals surface area contributed by atoms with Crippen molar-refractivity contribution < 1.29 is 24.0 Å². The number of carbonyl (C=O) groups excluding carboxylic acids is 2. The molecule has 0 aliphatic rings. The van der Waals surface area contributed by atoms with E-state index in [9.17, 15) is 19.7 Å². The first kappa shape index (κ1) is 18.9. The third kappa shape index (κ3) is 4.56. The van der Waals surface area contributed by atoms with Crippen LogP contribution < -0.4 is 10.1 Å². The fourth-order valence-electron chi connectivity index (χ4n) is 2.17. The Morgan fingerprint density at radius 1 is 1.15 bits per heavy atom. The van der Waals surface area contributed by atoms with E-state index in [1.165, 1.54) is 31.2 Å². The lowest BCUT2D eigenvalue weighted by molar-refractivity contribution is -0.383. The zero-order chi connectivity index (χ0) is 19.1. The summed E-state index contributed by atoms with van der Waals surface area (Å²) in [5.41, 5.74) is -0.0270. The van der Waals surface area contributed by atoms with Crippen LogP contribution in [0.2, 0.25) is 0 Å². The summed E-state index contributed by atoms with van der Waals surface area (Å²) in [4.78, 5) is 34.9. The highest BCUT2D eigenvalue weighted by Gasteiger charge is 2.23. The number of hydrogen-bond donors (Lipinski definition) is 1. The molecule has 0 radical (unpaired) electrons. The van der Waals surface area contributed by atoms with Gasteiger partial charge in [-0.25, -0.2) is 4.79 Å². The predicted octanol–water partition coefficient (Wildman–Crippen LogP) is 3.18. The van der Waals surface area contributed by atoms with Crippen LogP contribution in [0.1, 0.15) is 24.2 Å². The zero-order valence-electron chi connectivity index (χ0n) is 14.3. The van der Waals surface area contributed by atoms with Gasteiger partial charge in [-0.1, -0.05) is 24.3 Å². The molecule has 1 atom stereocenters. The maximum absolute atomic E-state index is 12.3. The highest BCUT2D eigenvalue weighted by molar-refractivity contribution is 5.99. The Labute approximate surface area is 149 Å². The zero-order valence-corrected chi connectivity index (χ0v) is 14.3. The second-order valence-corrected chi connectivity index (χ2v) is 5.24. The number of amides is 1. The number of nitro groups is 1. The van der Waals surface area contributed by atoms with Gasteiger partial charge in [0, 0.05) is 6.07 Å². The molecule has 8 heteroatoms. The Morgan fingerprint density at radius 3 is 2.50 bits per heavy atom. The second kappa shape index (κ2) is 8.61. The van der Waals surface area contributed by atoms with Crippen molar-refractivity contribution in [2.75, 3.05) is 11.9 Å². The van der Waals surface area contributed by atoms with Crippen LogP contribution in [-0.2, 0) is 9.53 Å². The van der Waals surface area contributed by atoms with Crippen LogP contribution in [0.15, 0.2) is 48.5 Å². The largest absolute Gasteiger partial charge is 0.493 e. The van der Waals surface area contributed by atoms with Crippen molar-refractivity contribution in [3.05, 3.63) is 64.2 Å². The number of nitrogens with zero attached hydrogens (tertiary/aromatic N) is 1. The third-order valence-electron chi connectivity index (χ3n) is 3.42. The summed E-state index contributed by atoms with van der Waals surface area (Å²) >= 11 is 0. The summed E-state index contributed by atoms with van der Waals surface area (Å²) in [5, 5.41) is 13.4. The van der Waals surface area contributed by atoms with Crippen LogP contribution >= 0.6 is 0 Å². The average Bonchev–Trinajstić information content (AvgIpc) is 2.62. The molecule has 2 aromatic carbocycles. The van der Waals surface area contributed by atoms with Gasteiger partial charge in [0.05, 0.1) is 11.5 Å². The minimum Gasteiger partial charge on any atom is -0.493 e. The van der Waals surface area contributed by atoms with Crippen LogP contribution in [0, 0.1) is 10.1 Å². The van der Waals surface area contributed by atoms with Gasteiger partial charge >= 0.3 is 5.97 Å². The molecule has 0 saturated heterocycles. The molecule has 1 N–H and O–H groups in total. The highest BCUT2D eigenvalue weighted by atomic mass is 16.6. The first-order valence-electron chi connectivity index (χ1n) is 7.91. The Hall–Kier alpha value is -3.42. The molecule has 0 aromatic heterocycles. The molecule has 8 nitrogen and oxygen atoms in total. The van der Waals surface area contributed by atoms with Crippen molar-refractivity contribution in [2.45, 2.75) is 20.0 Å². The lowest BCUT2D eigenvalue weighted by atomic mass is 10.2. The van der Waals surface area contributed by atoms with Crippen molar-refractivity contribution in [2.24, 2.45) is 0 Å². The fourth-order valence-corrected chi connectivity index (χ4v) is 2.17. The van der Waals surface area contributed by atoms with Crippen molar-refractivity contribution in [1.82, 2.24) is 0 Å². The van der Waals surface area contributed by atoms with E-state index in [2.05, 4.69) is 5.32 Å². The first-order valence-corrected chi connectivity index (χ1v) is 7.91. The van der Waals surface area contributed by atoms with Crippen LogP contribution in [0.25, 0.3) is 0 Å². The summed E-state index contributed by atoms with van der Waals surface area (Å²) in [7, 11) is 0. The molecule has 0 spiro atoms. The molecule has 0 aliphatic carbocycles. The molecule has 26 heavy (non-hydrogen) atoms. The SMILES string of the molecule is CCOc1ccccc1C(=O)O[C@@H](C)C(=O)Nc1ccccc1[N+](=O)[O-]. The summed E-state index contributed by atoms with van der Waals surface area (Å²) in [6.07, 6.45) is -1.16. The minimum atomic E-state index is -1.16. The lowest BCUT2D eigenvalue weighted by Gasteiger charge is -2.15. The topological polar surface area (TPSA) is 108 Å². The number of ether oxygens (including phenoxy) is 2. The van der Waals surface area contributed by atoms with E-state index in [0.717, 1.165) is 0 Å². The number of para-hydroxylation sites is 3. The summed E-state index contributed by atoms with van der Waals surface area (Å²) in [6.45, 7) is 3.54. The fraction of sp³-hybridized carbons (Fsp3) is 0.222. The molecule has 1 amide bonds. The van der Waals surface area contributed by atoms with Crippen molar-refractivity contribution in [3.63, 3.8) is 0 Å². The Kier molecular flexibility index (Phi) is 6.26. The molecule has 0 fully saturated rings. The highest BCUT2D eigenvalue weighted by Crippen LogP contribution is 2.24. The number of rotatable bonds is 7. The van der Waals surface area contributed by atoms with Crippen LogP contribution in [0.5, 0.6) is 5.75 Å². The van der Waals surface area contributed by atoms with E-state index in [0.29, 0.717) is 12.4 Å². The predicted molar refractivity (Wildman–Crippen MR) is 94.2 cm³/mol. The molecule has 2 rings (SSSR count). The van der Waals surface area contributed by atoms with Gasteiger partial charge in [0.15, 0.2) is 6.10 Å². The lowest BCUT2D eigenvalue weighted by Crippen LogP contribution is -2.30. The van der Waals surface area contributed by atoms with E-state index in [-0.39, 0.29) is 16.9 Å². The smallest absolute Gasteiger partial charge is 0.342 e. The number of hydrogen-bond acceptors (Lipinski definition) is 6. The molecule has 0 saturated carbocycles. The minimum absolute atomic E-state index is 0.0279.